The molecule has 0 unspecified atom stereocenters. The topological polar surface area (TPSA) is 44.8 Å². The number of ketones is 1. The van der Waals surface area contributed by atoms with Gasteiger partial charge in [-0.25, -0.2) is 9.78 Å². The third kappa shape index (κ3) is 4.31. The van der Waals surface area contributed by atoms with E-state index in [4.69, 9.17) is 14.5 Å². The standard InChI is InChI=1S/C19H30O4/c1-17(2,3)13-11-19(7,23-22-15-9-8-10-21-15)12-14(16(13)20)18(4,5)6/h11-12,15H,8-10H2,1-7H3/t15-/m0/s1. The third-order valence-electron chi connectivity index (χ3n) is 4.19. The second kappa shape index (κ2) is 6.15. The van der Waals surface area contributed by atoms with Gasteiger partial charge in [-0.2, -0.15) is 0 Å². The highest BCUT2D eigenvalue weighted by Gasteiger charge is 2.40. The van der Waals surface area contributed by atoms with Crippen LogP contribution in [0.25, 0.3) is 0 Å². The number of hydrogen-bond acceptors (Lipinski definition) is 4. The molecule has 1 saturated heterocycles. The Labute approximate surface area is 139 Å². The molecule has 0 spiro atoms. The minimum absolute atomic E-state index is 0.100. The lowest BCUT2D eigenvalue weighted by Crippen LogP contribution is -2.37. The molecule has 0 bridgehead atoms. The molecular formula is C19H30O4. The summed E-state index contributed by atoms with van der Waals surface area (Å²) in [5.41, 5.74) is 0.254. The van der Waals surface area contributed by atoms with Crippen molar-refractivity contribution in [2.45, 2.75) is 73.2 Å². The zero-order valence-corrected chi connectivity index (χ0v) is 15.5. The Bertz CT molecular complexity index is 489. The lowest BCUT2D eigenvalue weighted by Gasteiger charge is -2.36. The second-order valence-electron chi connectivity index (χ2n) is 8.75. The summed E-state index contributed by atoms with van der Waals surface area (Å²) < 4.78 is 5.44. The Balaban J connectivity index is 2.31. The van der Waals surface area contributed by atoms with E-state index in [1.807, 2.05) is 60.6 Å². The van der Waals surface area contributed by atoms with Gasteiger partial charge in [0.1, 0.15) is 5.60 Å². The molecule has 0 N–H and O–H groups in total. The zero-order chi connectivity index (χ0) is 17.5. The van der Waals surface area contributed by atoms with E-state index >= 15 is 0 Å². The number of allylic oxidation sites excluding steroid dienone is 2. The summed E-state index contributed by atoms with van der Waals surface area (Å²) in [5.74, 6) is 0.100. The first-order valence-corrected chi connectivity index (χ1v) is 8.40. The number of Topliss-reactive ketones (excluding diaryl/α,β-unsaturated/α-hetero) is 1. The third-order valence-corrected chi connectivity index (χ3v) is 4.19. The molecule has 0 aromatic heterocycles. The Kier molecular flexibility index (Phi) is 4.91. The van der Waals surface area contributed by atoms with Gasteiger partial charge in [-0.3, -0.25) is 4.79 Å². The van der Waals surface area contributed by atoms with Crippen molar-refractivity contribution in [3.05, 3.63) is 23.3 Å². The van der Waals surface area contributed by atoms with E-state index < -0.39 is 5.60 Å². The molecule has 4 nitrogen and oxygen atoms in total. The Morgan fingerprint density at radius 2 is 1.61 bits per heavy atom. The first kappa shape index (κ1) is 18.4. The molecular weight excluding hydrogens is 292 g/mol. The molecule has 2 aliphatic rings. The first-order chi connectivity index (χ1) is 10.4. The number of hydrogen-bond donors (Lipinski definition) is 0. The van der Waals surface area contributed by atoms with Crippen molar-refractivity contribution in [3.63, 3.8) is 0 Å². The molecule has 0 saturated carbocycles. The van der Waals surface area contributed by atoms with Gasteiger partial charge in [0.2, 0.25) is 0 Å². The summed E-state index contributed by atoms with van der Waals surface area (Å²) in [6, 6.07) is 0. The fraction of sp³-hybridized carbons (Fsp3) is 0.737. The minimum Gasteiger partial charge on any atom is -0.350 e. The maximum Gasteiger partial charge on any atom is 0.191 e. The lowest BCUT2D eigenvalue weighted by molar-refractivity contribution is -0.397. The van der Waals surface area contributed by atoms with Crippen LogP contribution in [-0.4, -0.2) is 24.3 Å². The first-order valence-electron chi connectivity index (χ1n) is 8.40. The van der Waals surface area contributed by atoms with Crippen LogP contribution in [0.5, 0.6) is 0 Å². The van der Waals surface area contributed by atoms with Crippen LogP contribution in [0.4, 0.5) is 0 Å². The van der Waals surface area contributed by atoms with Gasteiger partial charge in [-0.15, -0.1) is 0 Å². The predicted molar refractivity (Wildman–Crippen MR) is 89.6 cm³/mol. The zero-order valence-electron chi connectivity index (χ0n) is 15.5. The van der Waals surface area contributed by atoms with E-state index in [1.165, 1.54) is 0 Å². The van der Waals surface area contributed by atoms with Gasteiger partial charge in [0.05, 0.1) is 6.61 Å². The average molecular weight is 322 g/mol. The summed E-state index contributed by atoms with van der Waals surface area (Å²) in [6.45, 7) is 14.9. The molecule has 1 aliphatic carbocycles. The van der Waals surface area contributed by atoms with Crippen LogP contribution in [0.15, 0.2) is 23.3 Å². The maximum absolute atomic E-state index is 12.9. The summed E-state index contributed by atoms with van der Waals surface area (Å²) in [5, 5.41) is 0. The fourth-order valence-electron chi connectivity index (χ4n) is 2.83. The van der Waals surface area contributed by atoms with Crippen LogP contribution in [0.2, 0.25) is 0 Å². The van der Waals surface area contributed by atoms with Gasteiger partial charge in [0.15, 0.2) is 12.1 Å². The predicted octanol–water partition coefficient (Wildman–Crippen LogP) is 4.36. The molecule has 2 rings (SSSR count). The number of carbonyl (C=O) groups excluding carboxylic acids is 1. The van der Waals surface area contributed by atoms with E-state index in [2.05, 4.69) is 0 Å². The van der Waals surface area contributed by atoms with Crippen LogP contribution in [-0.2, 0) is 19.3 Å². The van der Waals surface area contributed by atoms with Crippen molar-refractivity contribution >= 4 is 5.78 Å². The van der Waals surface area contributed by atoms with Gasteiger partial charge < -0.3 is 4.74 Å². The highest BCUT2D eigenvalue weighted by molar-refractivity contribution is 6.11. The molecule has 1 heterocycles. The minimum atomic E-state index is -0.773. The van der Waals surface area contributed by atoms with Crippen LogP contribution in [0.3, 0.4) is 0 Å². The molecule has 0 aromatic rings. The Morgan fingerprint density at radius 3 is 2.00 bits per heavy atom. The van der Waals surface area contributed by atoms with E-state index in [-0.39, 0.29) is 22.9 Å². The second-order valence-corrected chi connectivity index (χ2v) is 8.75. The monoisotopic (exact) mass is 322 g/mol. The molecule has 0 amide bonds. The van der Waals surface area contributed by atoms with Gasteiger partial charge >= 0.3 is 0 Å². The Hall–Kier alpha value is -0.970. The fourth-order valence-corrected chi connectivity index (χ4v) is 2.83. The van der Waals surface area contributed by atoms with Crippen LogP contribution >= 0.6 is 0 Å². The molecule has 130 valence electrons. The lowest BCUT2D eigenvalue weighted by atomic mass is 9.70. The van der Waals surface area contributed by atoms with Crippen molar-refractivity contribution in [1.29, 1.82) is 0 Å². The SMILES string of the molecule is CC1(OO[C@H]2CCCO2)C=C(C(C)(C)C)C(=O)C(C(C)(C)C)=C1. The van der Waals surface area contributed by atoms with E-state index in [0.29, 0.717) is 6.61 Å². The van der Waals surface area contributed by atoms with Gasteiger partial charge in [0.25, 0.3) is 0 Å². The van der Waals surface area contributed by atoms with Crippen LogP contribution < -0.4 is 0 Å². The maximum atomic E-state index is 12.9. The average Bonchev–Trinajstić information content (AvgIpc) is 2.90. The largest absolute Gasteiger partial charge is 0.350 e. The highest BCUT2D eigenvalue weighted by atomic mass is 17.2. The molecule has 0 aromatic carbocycles. The van der Waals surface area contributed by atoms with Crippen molar-refractivity contribution in [3.8, 4) is 0 Å². The highest BCUT2D eigenvalue weighted by Crippen LogP contribution is 2.41. The number of rotatable bonds is 3. The van der Waals surface area contributed by atoms with Crippen LogP contribution in [0, 0.1) is 10.8 Å². The molecule has 1 fully saturated rings. The van der Waals surface area contributed by atoms with Crippen molar-refractivity contribution in [2.24, 2.45) is 10.8 Å². The van der Waals surface area contributed by atoms with Crippen molar-refractivity contribution in [2.75, 3.05) is 6.61 Å². The van der Waals surface area contributed by atoms with E-state index in [9.17, 15) is 4.79 Å². The van der Waals surface area contributed by atoms with Gasteiger partial charge in [-0.1, -0.05) is 41.5 Å². The van der Waals surface area contributed by atoms with Crippen LogP contribution in [0.1, 0.15) is 61.3 Å². The number of ether oxygens (including phenoxy) is 1. The smallest absolute Gasteiger partial charge is 0.191 e. The molecule has 1 atom stereocenters. The molecule has 1 aliphatic heterocycles. The molecule has 0 radical (unpaired) electrons. The summed E-state index contributed by atoms with van der Waals surface area (Å²) >= 11 is 0. The Morgan fingerprint density at radius 1 is 1.09 bits per heavy atom. The van der Waals surface area contributed by atoms with Crippen molar-refractivity contribution in [1.82, 2.24) is 0 Å². The van der Waals surface area contributed by atoms with Gasteiger partial charge in [0, 0.05) is 17.6 Å². The van der Waals surface area contributed by atoms with Crippen molar-refractivity contribution < 1.29 is 19.3 Å². The van der Waals surface area contributed by atoms with Gasteiger partial charge in [-0.05, 0) is 36.3 Å². The van der Waals surface area contributed by atoms with E-state index in [1.54, 1.807) is 0 Å². The quantitative estimate of drug-likeness (QED) is 0.572. The molecule has 23 heavy (non-hydrogen) atoms. The molecule has 4 heteroatoms. The summed E-state index contributed by atoms with van der Waals surface area (Å²) in [6.07, 6.45) is 5.28. The number of carbonyl (C=O) groups is 1. The van der Waals surface area contributed by atoms with E-state index in [0.717, 1.165) is 24.0 Å². The normalized spacial score (nSPS) is 25.3. The summed E-state index contributed by atoms with van der Waals surface area (Å²) in [7, 11) is 0. The summed E-state index contributed by atoms with van der Waals surface area (Å²) in [4.78, 5) is 24.1.